The lowest BCUT2D eigenvalue weighted by atomic mass is 10.2. The number of nitrogens with one attached hydrogen (secondary N) is 1. The quantitative estimate of drug-likeness (QED) is 0.839. The fraction of sp³-hybridized carbons (Fsp3) is 0.389. The molecule has 1 aliphatic heterocycles. The lowest BCUT2D eigenvalue weighted by Gasteiger charge is -2.26. The summed E-state index contributed by atoms with van der Waals surface area (Å²) in [6, 6.07) is 5.67. The second-order valence-electron chi connectivity index (χ2n) is 5.74. The molecule has 2 heterocycles. The van der Waals surface area contributed by atoms with Crippen LogP contribution in [0.5, 0.6) is 11.5 Å². The molecule has 0 bridgehead atoms. The SMILES string of the molecule is COc1ccc(CNc2ncc(C(=O)N3CCOCC3)cn2)cc1OC. The molecule has 3 rings (SSSR count). The van der Waals surface area contributed by atoms with E-state index in [1.54, 1.807) is 31.5 Å². The summed E-state index contributed by atoms with van der Waals surface area (Å²) in [6.45, 7) is 2.85. The Bertz CT molecular complexity index is 745. The van der Waals surface area contributed by atoms with Gasteiger partial charge in [-0.25, -0.2) is 9.97 Å². The predicted octanol–water partition coefficient (Wildman–Crippen LogP) is 1.58. The summed E-state index contributed by atoms with van der Waals surface area (Å²) in [6.07, 6.45) is 3.09. The van der Waals surface area contributed by atoms with Gasteiger partial charge in [0.1, 0.15) is 0 Å². The van der Waals surface area contributed by atoms with E-state index < -0.39 is 0 Å². The van der Waals surface area contributed by atoms with Gasteiger partial charge < -0.3 is 24.4 Å². The summed E-state index contributed by atoms with van der Waals surface area (Å²) < 4.78 is 15.8. The summed E-state index contributed by atoms with van der Waals surface area (Å²) in [5.74, 6) is 1.73. The van der Waals surface area contributed by atoms with Gasteiger partial charge in [0.2, 0.25) is 5.95 Å². The Morgan fingerprint density at radius 2 is 1.85 bits per heavy atom. The molecule has 8 nitrogen and oxygen atoms in total. The molecule has 1 amide bonds. The zero-order valence-corrected chi connectivity index (χ0v) is 14.9. The first-order valence-corrected chi connectivity index (χ1v) is 8.35. The van der Waals surface area contributed by atoms with Crippen molar-refractivity contribution in [2.24, 2.45) is 0 Å². The van der Waals surface area contributed by atoms with E-state index in [0.717, 1.165) is 5.56 Å². The highest BCUT2D eigenvalue weighted by atomic mass is 16.5. The summed E-state index contributed by atoms with van der Waals surface area (Å²) in [7, 11) is 3.20. The fourth-order valence-corrected chi connectivity index (χ4v) is 2.65. The molecule has 1 aliphatic rings. The third-order valence-corrected chi connectivity index (χ3v) is 4.10. The van der Waals surface area contributed by atoms with Crippen LogP contribution >= 0.6 is 0 Å². The number of hydrogen-bond acceptors (Lipinski definition) is 7. The summed E-state index contributed by atoms with van der Waals surface area (Å²) in [5.41, 5.74) is 1.48. The van der Waals surface area contributed by atoms with Crippen molar-refractivity contribution in [1.82, 2.24) is 14.9 Å². The van der Waals surface area contributed by atoms with Crippen LogP contribution in [0.4, 0.5) is 5.95 Å². The molecule has 1 N–H and O–H groups in total. The molecule has 0 aliphatic carbocycles. The molecule has 1 fully saturated rings. The number of morpholine rings is 1. The van der Waals surface area contributed by atoms with Gasteiger partial charge in [-0.05, 0) is 17.7 Å². The number of ether oxygens (including phenoxy) is 3. The van der Waals surface area contributed by atoms with Crippen molar-refractivity contribution < 1.29 is 19.0 Å². The Kier molecular flexibility index (Phi) is 5.85. The van der Waals surface area contributed by atoms with Gasteiger partial charge in [0, 0.05) is 32.0 Å². The molecule has 1 aromatic heterocycles. The van der Waals surface area contributed by atoms with Gasteiger partial charge in [-0.3, -0.25) is 4.79 Å². The van der Waals surface area contributed by atoms with Gasteiger partial charge >= 0.3 is 0 Å². The Morgan fingerprint density at radius 3 is 2.50 bits per heavy atom. The number of carbonyl (C=O) groups is 1. The minimum absolute atomic E-state index is 0.0697. The summed E-state index contributed by atoms with van der Waals surface area (Å²) >= 11 is 0. The molecule has 0 unspecified atom stereocenters. The monoisotopic (exact) mass is 358 g/mol. The Morgan fingerprint density at radius 1 is 1.15 bits per heavy atom. The Hall–Kier alpha value is -2.87. The molecule has 0 saturated carbocycles. The maximum atomic E-state index is 12.4. The van der Waals surface area contributed by atoms with Crippen LogP contribution in [0.15, 0.2) is 30.6 Å². The van der Waals surface area contributed by atoms with Gasteiger partial charge in [-0.15, -0.1) is 0 Å². The first-order valence-electron chi connectivity index (χ1n) is 8.35. The van der Waals surface area contributed by atoms with Crippen LogP contribution < -0.4 is 14.8 Å². The van der Waals surface area contributed by atoms with E-state index in [1.807, 2.05) is 18.2 Å². The number of amides is 1. The van der Waals surface area contributed by atoms with Gasteiger partial charge in [-0.2, -0.15) is 0 Å². The molecule has 1 aromatic carbocycles. The van der Waals surface area contributed by atoms with E-state index in [0.29, 0.717) is 55.9 Å². The van der Waals surface area contributed by atoms with E-state index >= 15 is 0 Å². The zero-order chi connectivity index (χ0) is 18.4. The first kappa shape index (κ1) is 17.9. The smallest absolute Gasteiger partial charge is 0.257 e. The van der Waals surface area contributed by atoms with Crippen molar-refractivity contribution in [2.45, 2.75) is 6.54 Å². The molecule has 0 spiro atoms. The number of aromatic nitrogens is 2. The molecular formula is C18H22N4O4. The number of anilines is 1. The minimum atomic E-state index is -0.0697. The molecule has 0 atom stereocenters. The molecular weight excluding hydrogens is 336 g/mol. The van der Waals surface area contributed by atoms with Crippen molar-refractivity contribution in [2.75, 3.05) is 45.8 Å². The highest BCUT2D eigenvalue weighted by molar-refractivity contribution is 5.93. The van der Waals surface area contributed by atoms with Crippen LogP contribution in [0, 0.1) is 0 Å². The number of rotatable bonds is 6. The van der Waals surface area contributed by atoms with E-state index in [4.69, 9.17) is 14.2 Å². The van der Waals surface area contributed by atoms with E-state index in [2.05, 4.69) is 15.3 Å². The number of nitrogens with zero attached hydrogens (tertiary/aromatic N) is 3. The van der Waals surface area contributed by atoms with Crippen LogP contribution in [0.1, 0.15) is 15.9 Å². The second kappa shape index (κ2) is 8.48. The average Bonchev–Trinajstić information content (AvgIpc) is 2.72. The van der Waals surface area contributed by atoms with Crippen molar-refractivity contribution in [1.29, 1.82) is 0 Å². The molecule has 1 saturated heterocycles. The maximum Gasteiger partial charge on any atom is 0.257 e. The number of methoxy groups -OCH3 is 2. The molecule has 138 valence electrons. The number of hydrogen-bond donors (Lipinski definition) is 1. The van der Waals surface area contributed by atoms with E-state index in [-0.39, 0.29) is 5.91 Å². The third-order valence-electron chi connectivity index (χ3n) is 4.10. The van der Waals surface area contributed by atoms with Crippen molar-refractivity contribution in [3.63, 3.8) is 0 Å². The van der Waals surface area contributed by atoms with Gasteiger partial charge in [-0.1, -0.05) is 6.07 Å². The van der Waals surface area contributed by atoms with Crippen molar-refractivity contribution in [3.05, 3.63) is 41.7 Å². The lowest BCUT2D eigenvalue weighted by Crippen LogP contribution is -2.40. The largest absolute Gasteiger partial charge is 0.493 e. The standard InChI is InChI=1S/C18H22N4O4/c1-24-15-4-3-13(9-16(15)25-2)10-19-18-20-11-14(12-21-18)17(23)22-5-7-26-8-6-22/h3-4,9,11-12H,5-8,10H2,1-2H3,(H,19,20,21). The zero-order valence-electron chi connectivity index (χ0n) is 14.9. The first-order chi connectivity index (χ1) is 12.7. The number of carbonyl (C=O) groups excluding carboxylic acids is 1. The second-order valence-corrected chi connectivity index (χ2v) is 5.74. The van der Waals surface area contributed by atoms with Gasteiger partial charge in [0.25, 0.3) is 5.91 Å². The molecule has 2 aromatic rings. The average molecular weight is 358 g/mol. The van der Waals surface area contributed by atoms with Crippen LogP contribution in [0.25, 0.3) is 0 Å². The van der Waals surface area contributed by atoms with E-state index in [9.17, 15) is 4.79 Å². The van der Waals surface area contributed by atoms with Crippen molar-refractivity contribution in [3.8, 4) is 11.5 Å². The summed E-state index contributed by atoms with van der Waals surface area (Å²) in [5, 5.41) is 3.13. The topological polar surface area (TPSA) is 85.8 Å². The molecule has 8 heteroatoms. The third kappa shape index (κ3) is 4.20. The van der Waals surface area contributed by atoms with Crippen LogP contribution in [-0.4, -0.2) is 61.3 Å². The highest BCUT2D eigenvalue weighted by Crippen LogP contribution is 2.27. The van der Waals surface area contributed by atoms with Crippen molar-refractivity contribution >= 4 is 11.9 Å². The van der Waals surface area contributed by atoms with E-state index in [1.165, 1.54) is 0 Å². The normalized spacial score (nSPS) is 14.0. The predicted molar refractivity (Wildman–Crippen MR) is 95.6 cm³/mol. The van der Waals surface area contributed by atoms with Crippen LogP contribution in [0.3, 0.4) is 0 Å². The highest BCUT2D eigenvalue weighted by Gasteiger charge is 2.19. The minimum Gasteiger partial charge on any atom is -0.493 e. The van der Waals surface area contributed by atoms with Gasteiger partial charge in [0.05, 0.1) is 33.0 Å². The van der Waals surface area contributed by atoms with Crippen LogP contribution in [0.2, 0.25) is 0 Å². The number of benzene rings is 1. The van der Waals surface area contributed by atoms with Gasteiger partial charge in [0.15, 0.2) is 11.5 Å². The Balaban J connectivity index is 1.60. The fourth-order valence-electron chi connectivity index (χ4n) is 2.65. The molecule has 0 radical (unpaired) electrons. The lowest BCUT2D eigenvalue weighted by molar-refractivity contribution is 0.0302. The Labute approximate surface area is 152 Å². The summed E-state index contributed by atoms with van der Waals surface area (Å²) in [4.78, 5) is 22.6. The maximum absolute atomic E-state index is 12.4. The molecule has 26 heavy (non-hydrogen) atoms. The van der Waals surface area contributed by atoms with Crippen LogP contribution in [-0.2, 0) is 11.3 Å².